The average molecular weight is 1110 g/mol. The number of aliphatic hydroxyl groups excluding tert-OH is 2. The van der Waals surface area contributed by atoms with Crippen molar-refractivity contribution in [2.75, 3.05) is 13.2 Å². The van der Waals surface area contributed by atoms with E-state index < -0.39 is 67.3 Å². The molecular formula is C67H112O12. The summed E-state index contributed by atoms with van der Waals surface area (Å²) in [5.74, 6) is -3.16. The van der Waals surface area contributed by atoms with Crippen LogP contribution in [0.4, 0.5) is 0 Å². The predicted molar refractivity (Wildman–Crippen MR) is 321 cm³/mol. The van der Waals surface area contributed by atoms with Crippen LogP contribution in [-0.2, 0) is 42.9 Å². The molecule has 12 nitrogen and oxygen atoms in total. The van der Waals surface area contributed by atoms with E-state index in [-0.39, 0.29) is 25.9 Å². The number of carbonyl (C=O) groups excluding carboxylic acids is 3. The van der Waals surface area contributed by atoms with Crippen LogP contribution in [0.1, 0.15) is 265 Å². The molecule has 79 heavy (non-hydrogen) atoms. The molecule has 12 heteroatoms. The van der Waals surface area contributed by atoms with Crippen LogP contribution >= 0.6 is 0 Å². The number of hydrogen-bond donors (Lipinski definition) is 3. The molecule has 0 radical (unpaired) electrons. The lowest BCUT2D eigenvalue weighted by atomic mass is 9.98. The molecule has 3 N–H and O–H groups in total. The normalized spacial score (nSPS) is 18.4. The Kier molecular flexibility index (Phi) is 50.3. The fourth-order valence-electron chi connectivity index (χ4n) is 9.09. The molecule has 0 aliphatic carbocycles. The summed E-state index contributed by atoms with van der Waals surface area (Å²) in [4.78, 5) is 51.2. The second-order valence-corrected chi connectivity index (χ2v) is 21.3. The van der Waals surface area contributed by atoms with Gasteiger partial charge in [0.05, 0.1) is 6.61 Å². The topological polar surface area (TPSA) is 175 Å². The van der Waals surface area contributed by atoms with E-state index in [1.807, 2.05) is 0 Å². The zero-order valence-electron chi connectivity index (χ0n) is 49.8. The molecule has 1 saturated heterocycles. The van der Waals surface area contributed by atoms with Gasteiger partial charge < -0.3 is 39.0 Å². The van der Waals surface area contributed by atoms with Crippen LogP contribution in [0.15, 0.2) is 85.1 Å². The van der Waals surface area contributed by atoms with Gasteiger partial charge in [0.15, 0.2) is 24.6 Å². The van der Waals surface area contributed by atoms with Gasteiger partial charge >= 0.3 is 23.9 Å². The Balaban J connectivity index is 2.67. The zero-order chi connectivity index (χ0) is 57.5. The van der Waals surface area contributed by atoms with Crippen LogP contribution in [-0.4, -0.2) is 89.2 Å². The van der Waals surface area contributed by atoms with Crippen molar-refractivity contribution >= 4 is 23.9 Å². The van der Waals surface area contributed by atoms with Crippen molar-refractivity contribution in [1.29, 1.82) is 0 Å². The Morgan fingerprint density at radius 2 is 0.797 bits per heavy atom. The minimum atomic E-state index is -1.92. The van der Waals surface area contributed by atoms with E-state index in [4.69, 9.17) is 23.7 Å². The molecule has 0 bridgehead atoms. The van der Waals surface area contributed by atoms with Crippen molar-refractivity contribution in [3.63, 3.8) is 0 Å². The van der Waals surface area contributed by atoms with Crippen molar-refractivity contribution in [1.82, 2.24) is 0 Å². The number of carboxylic acid groups (broad SMARTS) is 1. The molecule has 0 aromatic heterocycles. The first-order valence-corrected chi connectivity index (χ1v) is 31.6. The lowest BCUT2D eigenvalue weighted by Gasteiger charge is -2.40. The maximum atomic E-state index is 13.2. The van der Waals surface area contributed by atoms with E-state index in [1.54, 1.807) is 0 Å². The van der Waals surface area contributed by atoms with Gasteiger partial charge in [0.2, 0.25) is 0 Å². The Hall–Kier alpha value is -4.10. The summed E-state index contributed by atoms with van der Waals surface area (Å²) >= 11 is 0. The first-order valence-electron chi connectivity index (χ1n) is 31.6. The van der Waals surface area contributed by atoms with Crippen LogP contribution in [0.5, 0.6) is 0 Å². The number of aliphatic hydroxyl groups is 2. The van der Waals surface area contributed by atoms with E-state index in [2.05, 4.69) is 106 Å². The van der Waals surface area contributed by atoms with E-state index in [1.165, 1.54) is 83.5 Å². The van der Waals surface area contributed by atoms with Gasteiger partial charge in [-0.2, -0.15) is 0 Å². The van der Waals surface area contributed by atoms with Gasteiger partial charge in [0.25, 0.3) is 0 Å². The molecule has 1 aliphatic rings. The number of esters is 3. The largest absolute Gasteiger partial charge is 0.479 e. The molecule has 0 amide bonds. The second kappa shape index (κ2) is 54.5. The smallest absolute Gasteiger partial charge is 0.335 e. The number of ether oxygens (including phenoxy) is 5. The molecular weight excluding hydrogens is 997 g/mol. The summed E-state index contributed by atoms with van der Waals surface area (Å²) < 4.78 is 28.5. The molecule has 0 aromatic carbocycles. The number of aliphatic carboxylic acids is 1. The van der Waals surface area contributed by atoms with Crippen LogP contribution in [0.2, 0.25) is 0 Å². The highest BCUT2D eigenvalue weighted by Crippen LogP contribution is 2.26. The fourth-order valence-corrected chi connectivity index (χ4v) is 9.09. The van der Waals surface area contributed by atoms with Crippen molar-refractivity contribution < 1.29 is 58.2 Å². The van der Waals surface area contributed by atoms with E-state index >= 15 is 0 Å². The molecule has 0 aromatic rings. The van der Waals surface area contributed by atoms with E-state index in [0.29, 0.717) is 19.3 Å². The Morgan fingerprint density at radius 3 is 1.25 bits per heavy atom. The maximum absolute atomic E-state index is 13.2. The third kappa shape index (κ3) is 44.3. The summed E-state index contributed by atoms with van der Waals surface area (Å²) in [6.45, 7) is 5.83. The fraction of sp³-hybridized carbons (Fsp3) is 0.731. The van der Waals surface area contributed by atoms with E-state index in [9.17, 15) is 34.5 Å². The molecule has 1 rings (SSSR count). The molecule has 1 fully saturated rings. The molecule has 6 unspecified atom stereocenters. The quantitative estimate of drug-likeness (QED) is 0.0228. The van der Waals surface area contributed by atoms with Crippen molar-refractivity contribution in [2.45, 2.75) is 302 Å². The van der Waals surface area contributed by atoms with Crippen LogP contribution in [0, 0.1) is 0 Å². The standard InChI is InChI=1S/C67H112O12/c1-4-7-10-13-16-19-22-25-27-29-30-32-33-36-38-41-44-47-50-53-59(68)75-56-58(77-60(69)54-51-48-45-42-39-35-24-21-18-15-12-9-6-3)57-76-67-65(63(72)62(71)64(79-67)66(73)74)78-61(70)55-52-49-46-43-40-37-34-31-28-26-23-20-17-14-11-8-5-2/h8,11,16-17,19-21,24-28,34,37,58,62-65,67,71-72H,4-7,9-10,12-15,18,22-23,29-33,35-36,38-57H2,1-3H3,(H,73,74)/b11-8-,19-16-,20-17-,24-21-,27-25-,28-26-,37-34-. The van der Waals surface area contributed by atoms with Gasteiger partial charge in [-0.05, 0) is 116 Å². The van der Waals surface area contributed by atoms with Crippen molar-refractivity contribution in [3.05, 3.63) is 85.1 Å². The number of unbranched alkanes of at least 4 members (excludes halogenated alkanes) is 25. The first kappa shape index (κ1) is 72.9. The van der Waals surface area contributed by atoms with Crippen molar-refractivity contribution in [2.24, 2.45) is 0 Å². The van der Waals surface area contributed by atoms with Crippen molar-refractivity contribution in [3.8, 4) is 0 Å². The average Bonchev–Trinajstić information content (AvgIpc) is 3.46. The third-order valence-electron chi connectivity index (χ3n) is 13.9. The molecule has 0 saturated carbocycles. The Morgan fingerprint density at radius 1 is 0.430 bits per heavy atom. The summed E-state index contributed by atoms with van der Waals surface area (Å²) in [5, 5.41) is 31.5. The lowest BCUT2D eigenvalue weighted by molar-refractivity contribution is -0.301. The summed E-state index contributed by atoms with van der Waals surface area (Å²) in [6.07, 6.45) is 58.3. The van der Waals surface area contributed by atoms with Gasteiger partial charge in [-0.25, -0.2) is 4.79 Å². The highest BCUT2D eigenvalue weighted by Gasteiger charge is 2.50. The zero-order valence-corrected chi connectivity index (χ0v) is 49.8. The van der Waals surface area contributed by atoms with Crippen LogP contribution < -0.4 is 0 Å². The van der Waals surface area contributed by atoms with Gasteiger partial charge in [-0.1, -0.05) is 215 Å². The van der Waals surface area contributed by atoms with Gasteiger partial charge in [-0.3, -0.25) is 14.4 Å². The first-order chi connectivity index (χ1) is 38.6. The maximum Gasteiger partial charge on any atom is 0.335 e. The summed E-state index contributed by atoms with van der Waals surface area (Å²) in [6, 6.07) is 0. The summed E-state index contributed by atoms with van der Waals surface area (Å²) in [7, 11) is 0. The van der Waals surface area contributed by atoms with Crippen LogP contribution in [0.3, 0.4) is 0 Å². The number of hydrogen-bond acceptors (Lipinski definition) is 11. The molecule has 6 atom stereocenters. The second-order valence-electron chi connectivity index (χ2n) is 21.3. The number of carbonyl (C=O) groups is 4. The molecule has 0 spiro atoms. The third-order valence-corrected chi connectivity index (χ3v) is 13.9. The van der Waals surface area contributed by atoms with E-state index in [0.717, 1.165) is 122 Å². The Labute approximate surface area is 480 Å². The van der Waals surface area contributed by atoms with Gasteiger partial charge in [0.1, 0.15) is 18.8 Å². The SMILES string of the molecule is CC/C=C\C/C=C\C/C=C\C/C=C\CCCCCCC(=O)OC1C(OCC(COC(=O)CCCCCCCCCCC/C=C\C/C=C\CCCCC)OC(=O)CCCCCCC/C=C\CCCCCC)OC(C(=O)O)C(O)C1O. The number of carboxylic acids is 1. The van der Waals surface area contributed by atoms with Gasteiger partial charge in [0, 0.05) is 19.3 Å². The number of allylic oxidation sites excluding steroid dienone is 14. The predicted octanol–water partition coefficient (Wildman–Crippen LogP) is 16.7. The minimum Gasteiger partial charge on any atom is -0.479 e. The summed E-state index contributed by atoms with van der Waals surface area (Å²) in [5.41, 5.74) is 0. The highest BCUT2D eigenvalue weighted by atomic mass is 16.7. The monoisotopic (exact) mass is 1110 g/mol. The highest BCUT2D eigenvalue weighted by molar-refractivity contribution is 5.74. The van der Waals surface area contributed by atoms with Crippen LogP contribution in [0.25, 0.3) is 0 Å². The molecule has 452 valence electrons. The Bertz CT molecular complexity index is 1700. The van der Waals surface area contributed by atoms with Gasteiger partial charge in [-0.15, -0.1) is 0 Å². The minimum absolute atomic E-state index is 0.0288. The molecule has 1 heterocycles. The molecule has 1 aliphatic heterocycles. The lowest BCUT2D eigenvalue weighted by Crippen LogP contribution is -2.61. The number of rotatable bonds is 53.